The highest BCUT2D eigenvalue weighted by atomic mass is 13.9. The highest BCUT2D eigenvalue weighted by Gasteiger charge is 1.85. The van der Waals surface area contributed by atoms with Crippen LogP contribution in [0.25, 0.3) is 0 Å². The Morgan fingerprint density at radius 1 is 0.462 bits per heavy atom. The minimum Gasteiger partial charge on any atom is -0.0885 e. The van der Waals surface area contributed by atoms with Gasteiger partial charge in [-0.05, 0) is 44.9 Å². The third-order valence-electron chi connectivity index (χ3n) is 2.28. The maximum absolute atomic E-state index is 2.34. The van der Waals surface area contributed by atoms with Crippen molar-refractivity contribution in [1.29, 1.82) is 0 Å². The molecule has 1 aliphatic rings. The van der Waals surface area contributed by atoms with Crippen molar-refractivity contribution in [3.63, 3.8) is 0 Å². The highest BCUT2D eigenvalue weighted by molar-refractivity contribution is 5.02. The predicted octanol–water partition coefficient (Wildman–Crippen LogP) is 4.40. The third-order valence-corrected chi connectivity index (χ3v) is 2.28. The molecule has 1 aliphatic carbocycles. The zero-order valence-electron chi connectivity index (χ0n) is 8.41. The molecule has 0 bridgehead atoms. The minimum atomic E-state index is 1.22. The summed E-state index contributed by atoms with van der Waals surface area (Å²) in [5, 5.41) is 0. The lowest BCUT2D eigenvalue weighted by Gasteiger charge is -1.92. The van der Waals surface area contributed by atoms with Crippen LogP contribution in [0.3, 0.4) is 0 Å². The second-order valence-corrected chi connectivity index (χ2v) is 3.54. The monoisotopic (exact) mass is 176 g/mol. The summed E-state index contributed by atoms with van der Waals surface area (Å²) in [5.41, 5.74) is 0. The van der Waals surface area contributed by atoms with Gasteiger partial charge >= 0.3 is 0 Å². The molecular formula is C13H20. The number of hydrogen-bond donors (Lipinski definition) is 0. The summed E-state index contributed by atoms with van der Waals surface area (Å²) < 4.78 is 0. The fraction of sp³-hybridized carbons (Fsp3) is 0.538. The largest absolute Gasteiger partial charge is 0.0885 e. The maximum Gasteiger partial charge on any atom is -0.0345 e. The summed E-state index contributed by atoms with van der Waals surface area (Å²) in [6, 6.07) is 0. The van der Waals surface area contributed by atoms with Gasteiger partial charge in [0.15, 0.2) is 0 Å². The standard InChI is InChI=1S/C13H20/c1-2-4-6-8-10-12-13-11-9-7-5-3-1/h1-4,11,13H,5-10,12H2/b3-1+,4-2+,13-11+. The van der Waals surface area contributed by atoms with E-state index in [0.717, 1.165) is 0 Å². The van der Waals surface area contributed by atoms with Gasteiger partial charge < -0.3 is 0 Å². The normalized spacial score (nSPS) is 27.7. The Hall–Kier alpha value is -0.780. The van der Waals surface area contributed by atoms with Crippen LogP contribution in [0, 0.1) is 0 Å². The average molecular weight is 176 g/mol. The summed E-state index contributed by atoms with van der Waals surface area (Å²) in [5.74, 6) is 0. The van der Waals surface area contributed by atoms with Gasteiger partial charge in [0.05, 0.1) is 0 Å². The number of allylic oxidation sites excluding steroid dienone is 6. The van der Waals surface area contributed by atoms with Gasteiger partial charge in [0, 0.05) is 0 Å². The van der Waals surface area contributed by atoms with Crippen LogP contribution < -0.4 is 0 Å². The fourth-order valence-corrected chi connectivity index (χ4v) is 1.46. The first-order chi connectivity index (χ1) is 6.50. The minimum absolute atomic E-state index is 1.22. The van der Waals surface area contributed by atoms with E-state index in [1.807, 2.05) is 0 Å². The molecule has 0 saturated carbocycles. The van der Waals surface area contributed by atoms with Gasteiger partial charge in [0.1, 0.15) is 0 Å². The topological polar surface area (TPSA) is 0 Å². The second kappa shape index (κ2) is 7.85. The van der Waals surface area contributed by atoms with E-state index >= 15 is 0 Å². The van der Waals surface area contributed by atoms with Crippen LogP contribution >= 0.6 is 0 Å². The average Bonchev–Trinajstić information content (AvgIpc) is 2.18. The van der Waals surface area contributed by atoms with Crippen molar-refractivity contribution in [1.82, 2.24) is 0 Å². The van der Waals surface area contributed by atoms with Crippen molar-refractivity contribution in [3.8, 4) is 0 Å². The fourth-order valence-electron chi connectivity index (χ4n) is 1.46. The van der Waals surface area contributed by atoms with E-state index in [-0.39, 0.29) is 0 Å². The van der Waals surface area contributed by atoms with Crippen molar-refractivity contribution in [2.24, 2.45) is 0 Å². The van der Waals surface area contributed by atoms with E-state index < -0.39 is 0 Å². The zero-order chi connectivity index (χ0) is 9.19. The molecule has 0 heterocycles. The first-order valence-electron chi connectivity index (χ1n) is 5.47. The smallest absolute Gasteiger partial charge is 0.0345 e. The molecule has 0 heteroatoms. The lowest BCUT2D eigenvalue weighted by Crippen LogP contribution is -1.72. The SMILES string of the molecule is C1=C/CCC/C=C/CCCC/C=C/1. The number of hydrogen-bond acceptors (Lipinski definition) is 0. The quantitative estimate of drug-likeness (QED) is 0.480. The van der Waals surface area contributed by atoms with Gasteiger partial charge in [-0.15, -0.1) is 0 Å². The van der Waals surface area contributed by atoms with Crippen molar-refractivity contribution in [2.75, 3.05) is 0 Å². The van der Waals surface area contributed by atoms with E-state index in [0.29, 0.717) is 0 Å². The molecule has 1 rings (SSSR count). The Kier molecular flexibility index (Phi) is 6.22. The summed E-state index contributed by atoms with van der Waals surface area (Å²) in [6.07, 6.45) is 22.5. The molecule has 13 heavy (non-hydrogen) atoms. The lowest BCUT2D eigenvalue weighted by molar-refractivity contribution is 0.759. The van der Waals surface area contributed by atoms with Gasteiger partial charge in [-0.1, -0.05) is 36.5 Å². The first kappa shape index (κ1) is 10.3. The lowest BCUT2D eigenvalue weighted by atomic mass is 10.1. The predicted molar refractivity (Wildman–Crippen MR) is 59.7 cm³/mol. The van der Waals surface area contributed by atoms with Gasteiger partial charge in [0.2, 0.25) is 0 Å². The Morgan fingerprint density at radius 3 is 1.62 bits per heavy atom. The Bertz CT molecular complexity index is 184. The molecule has 0 N–H and O–H groups in total. The van der Waals surface area contributed by atoms with Gasteiger partial charge in [-0.3, -0.25) is 0 Å². The van der Waals surface area contributed by atoms with E-state index in [2.05, 4.69) is 36.5 Å². The maximum atomic E-state index is 2.34. The summed E-state index contributed by atoms with van der Waals surface area (Å²) in [6.45, 7) is 0. The zero-order valence-corrected chi connectivity index (χ0v) is 8.41. The molecule has 0 spiro atoms. The summed E-state index contributed by atoms with van der Waals surface area (Å²) in [7, 11) is 0. The van der Waals surface area contributed by atoms with Crippen LogP contribution in [0.15, 0.2) is 36.5 Å². The molecule has 0 aliphatic heterocycles. The molecule has 0 aromatic carbocycles. The third kappa shape index (κ3) is 6.39. The van der Waals surface area contributed by atoms with Crippen LogP contribution in [0.2, 0.25) is 0 Å². The highest BCUT2D eigenvalue weighted by Crippen LogP contribution is 2.05. The molecular weight excluding hydrogens is 156 g/mol. The van der Waals surface area contributed by atoms with E-state index in [4.69, 9.17) is 0 Å². The van der Waals surface area contributed by atoms with Crippen molar-refractivity contribution >= 4 is 0 Å². The molecule has 0 aromatic heterocycles. The Morgan fingerprint density at radius 2 is 0.923 bits per heavy atom. The Balaban J connectivity index is 2.28. The van der Waals surface area contributed by atoms with Crippen LogP contribution in [0.4, 0.5) is 0 Å². The molecule has 0 saturated heterocycles. The molecule has 0 atom stereocenters. The van der Waals surface area contributed by atoms with Crippen LogP contribution in [-0.4, -0.2) is 0 Å². The molecule has 72 valence electrons. The van der Waals surface area contributed by atoms with E-state index in [1.165, 1.54) is 44.9 Å². The first-order valence-corrected chi connectivity index (χ1v) is 5.47. The second-order valence-electron chi connectivity index (χ2n) is 3.54. The molecule has 0 fully saturated rings. The van der Waals surface area contributed by atoms with Crippen molar-refractivity contribution in [3.05, 3.63) is 36.5 Å². The molecule has 0 radical (unpaired) electrons. The summed E-state index contributed by atoms with van der Waals surface area (Å²) in [4.78, 5) is 0. The van der Waals surface area contributed by atoms with Crippen LogP contribution in [0.5, 0.6) is 0 Å². The molecule has 0 aromatic rings. The van der Waals surface area contributed by atoms with E-state index in [1.54, 1.807) is 0 Å². The van der Waals surface area contributed by atoms with Crippen molar-refractivity contribution < 1.29 is 0 Å². The van der Waals surface area contributed by atoms with Gasteiger partial charge in [-0.2, -0.15) is 0 Å². The van der Waals surface area contributed by atoms with Gasteiger partial charge in [-0.25, -0.2) is 0 Å². The molecule has 0 unspecified atom stereocenters. The van der Waals surface area contributed by atoms with Crippen LogP contribution in [-0.2, 0) is 0 Å². The van der Waals surface area contributed by atoms with Crippen LogP contribution in [0.1, 0.15) is 44.9 Å². The molecule has 0 amide bonds. The van der Waals surface area contributed by atoms with E-state index in [9.17, 15) is 0 Å². The van der Waals surface area contributed by atoms with Crippen molar-refractivity contribution in [2.45, 2.75) is 44.9 Å². The summed E-state index contributed by atoms with van der Waals surface area (Å²) >= 11 is 0. The Labute approximate surface area is 82.0 Å². The molecule has 0 nitrogen and oxygen atoms in total. The number of rotatable bonds is 0. The van der Waals surface area contributed by atoms with Gasteiger partial charge in [0.25, 0.3) is 0 Å².